The average Bonchev–Trinajstić information content (AvgIpc) is 2.91. The minimum Gasteiger partial charge on any atom is -0.488 e. The highest BCUT2D eigenvalue weighted by molar-refractivity contribution is 5.92. The summed E-state index contributed by atoms with van der Waals surface area (Å²) in [4.78, 5) is 39.9. The number of nitrogens with one attached hydrogen (secondary N) is 1. The third-order valence-corrected chi connectivity index (χ3v) is 6.13. The van der Waals surface area contributed by atoms with Gasteiger partial charge in [0.25, 0.3) is 0 Å². The Morgan fingerprint density at radius 1 is 0.767 bits per heavy atom. The molecule has 2 rings (SSSR count). The van der Waals surface area contributed by atoms with Crippen LogP contribution in [-0.4, -0.2) is 67.9 Å². The molecule has 0 bridgehead atoms. The molecule has 0 aromatic heterocycles. The van der Waals surface area contributed by atoms with E-state index in [2.05, 4.69) is 5.32 Å². The first-order valence-corrected chi connectivity index (χ1v) is 15.0. The van der Waals surface area contributed by atoms with Crippen molar-refractivity contribution in [2.75, 3.05) is 33.0 Å². The Balaban J connectivity index is 2.15. The molecule has 0 unspecified atom stereocenters. The normalized spacial score (nSPS) is 13.2. The number of hydrogen-bond acceptors (Lipinski definition) is 8. The fourth-order valence-corrected chi connectivity index (χ4v) is 4.27. The van der Waals surface area contributed by atoms with Crippen molar-refractivity contribution < 1.29 is 33.3 Å². The molecule has 2 aromatic carbocycles. The lowest BCUT2D eigenvalue weighted by molar-refractivity contribution is -0.161. The lowest BCUT2D eigenvalue weighted by Gasteiger charge is -2.25. The summed E-state index contributed by atoms with van der Waals surface area (Å²) in [7, 11) is 0. The highest BCUT2D eigenvalue weighted by Crippen LogP contribution is 2.23. The molecule has 9 nitrogen and oxygen atoms in total. The van der Waals surface area contributed by atoms with Crippen molar-refractivity contribution in [3.8, 4) is 5.75 Å². The molecule has 0 saturated heterocycles. The lowest BCUT2D eigenvalue weighted by Crippen LogP contribution is -2.44. The number of carbonyl (C=O) groups excluding carboxylic acids is 3. The van der Waals surface area contributed by atoms with E-state index >= 15 is 0 Å². The van der Waals surface area contributed by atoms with Crippen LogP contribution in [0.1, 0.15) is 65.5 Å². The first-order valence-electron chi connectivity index (χ1n) is 15.0. The first kappa shape index (κ1) is 35.9. The van der Waals surface area contributed by atoms with Crippen LogP contribution in [0.2, 0.25) is 0 Å². The van der Waals surface area contributed by atoms with E-state index in [-0.39, 0.29) is 36.7 Å². The Hall–Kier alpha value is -3.27. The van der Waals surface area contributed by atoms with Crippen LogP contribution in [-0.2, 0) is 41.4 Å². The van der Waals surface area contributed by atoms with Crippen LogP contribution in [0, 0.1) is 5.92 Å². The lowest BCUT2D eigenvalue weighted by atomic mass is 9.90. The van der Waals surface area contributed by atoms with E-state index in [0.717, 1.165) is 16.9 Å². The zero-order valence-corrected chi connectivity index (χ0v) is 26.6. The van der Waals surface area contributed by atoms with Crippen LogP contribution in [0.25, 0.3) is 0 Å². The number of hydrogen-bond donors (Lipinski definition) is 2. The maximum Gasteiger partial charge on any atom is 0.310 e. The van der Waals surface area contributed by atoms with Gasteiger partial charge in [-0.1, -0.05) is 42.5 Å². The van der Waals surface area contributed by atoms with E-state index < -0.39 is 23.5 Å². The van der Waals surface area contributed by atoms with E-state index in [0.29, 0.717) is 39.2 Å². The van der Waals surface area contributed by atoms with Gasteiger partial charge in [-0.05, 0) is 77.6 Å². The van der Waals surface area contributed by atoms with Crippen molar-refractivity contribution in [1.82, 2.24) is 5.32 Å². The fourth-order valence-electron chi connectivity index (χ4n) is 4.27. The summed E-state index contributed by atoms with van der Waals surface area (Å²) in [6.45, 7) is 13.1. The van der Waals surface area contributed by atoms with Crippen molar-refractivity contribution in [1.29, 1.82) is 0 Å². The third kappa shape index (κ3) is 15.7. The molecule has 3 N–H and O–H groups in total. The van der Waals surface area contributed by atoms with Crippen LogP contribution in [0.3, 0.4) is 0 Å². The van der Waals surface area contributed by atoms with Crippen molar-refractivity contribution in [2.45, 2.75) is 84.5 Å². The van der Waals surface area contributed by atoms with Gasteiger partial charge >= 0.3 is 5.97 Å². The van der Waals surface area contributed by atoms with Gasteiger partial charge in [-0.2, -0.15) is 0 Å². The van der Waals surface area contributed by atoms with Crippen LogP contribution in [0.15, 0.2) is 54.6 Å². The standard InChI is InChI=1S/C34H50N2O7/c1-33(2,3)42-28-14-12-26(13-15-28)22-27(32(39)43-34(4,5)6)24-30(37)29(23-25-10-8-7-9-11-25)36-31(38)16-18-40-20-21-41-19-17-35/h7-15,27,29H,16-24,35H2,1-6H3,(H,36,38)/t27-,29+/m1/s1. The molecule has 0 aliphatic carbocycles. The maximum absolute atomic E-state index is 13.7. The van der Waals surface area contributed by atoms with Crippen LogP contribution < -0.4 is 15.8 Å². The summed E-state index contributed by atoms with van der Waals surface area (Å²) in [6.07, 6.45) is 0.622. The highest BCUT2D eigenvalue weighted by Gasteiger charge is 2.31. The Morgan fingerprint density at radius 2 is 1.37 bits per heavy atom. The largest absolute Gasteiger partial charge is 0.488 e. The fraction of sp³-hybridized carbons (Fsp3) is 0.559. The number of ketones is 1. The van der Waals surface area contributed by atoms with Crippen LogP contribution >= 0.6 is 0 Å². The molecule has 2 aromatic rings. The third-order valence-electron chi connectivity index (χ3n) is 6.13. The number of rotatable bonds is 18. The van der Waals surface area contributed by atoms with Gasteiger partial charge in [0, 0.05) is 19.4 Å². The van der Waals surface area contributed by atoms with Gasteiger partial charge in [-0.3, -0.25) is 14.4 Å². The van der Waals surface area contributed by atoms with E-state index in [1.54, 1.807) is 20.8 Å². The van der Waals surface area contributed by atoms with Crippen molar-refractivity contribution in [3.63, 3.8) is 0 Å². The highest BCUT2D eigenvalue weighted by atomic mass is 16.6. The Morgan fingerprint density at radius 3 is 1.95 bits per heavy atom. The number of ether oxygens (including phenoxy) is 4. The molecule has 43 heavy (non-hydrogen) atoms. The second-order valence-electron chi connectivity index (χ2n) is 12.5. The second kappa shape index (κ2) is 17.8. The van der Waals surface area contributed by atoms with Crippen molar-refractivity contribution >= 4 is 17.7 Å². The van der Waals surface area contributed by atoms with Crippen molar-refractivity contribution in [3.05, 3.63) is 65.7 Å². The second-order valence-corrected chi connectivity index (χ2v) is 12.5. The van der Waals surface area contributed by atoms with E-state index in [4.69, 9.17) is 24.7 Å². The first-order chi connectivity index (χ1) is 20.3. The summed E-state index contributed by atoms with van der Waals surface area (Å²) in [6, 6.07) is 16.2. The summed E-state index contributed by atoms with van der Waals surface area (Å²) >= 11 is 0. The summed E-state index contributed by atoms with van der Waals surface area (Å²) in [5, 5.41) is 2.88. The molecule has 2 atom stereocenters. The molecule has 0 spiro atoms. The smallest absolute Gasteiger partial charge is 0.310 e. The molecule has 9 heteroatoms. The minimum absolute atomic E-state index is 0.0814. The summed E-state index contributed by atoms with van der Waals surface area (Å²) in [5.41, 5.74) is 6.12. The van der Waals surface area contributed by atoms with Gasteiger partial charge in [0.2, 0.25) is 5.91 Å². The van der Waals surface area contributed by atoms with E-state index in [9.17, 15) is 14.4 Å². The predicted octanol–water partition coefficient (Wildman–Crippen LogP) is 4.43. The minimum atomic E-state index is -0.810. The molecular weight excluding hydrogens is 548 g/mol. The molecule has 0 radical (unpaired) electrons. The zero-order chi connectivity index (χ0) is 31.9. The monoisotopic (exact) mass is 598 g/mol. The van der Waals surface area contributed by atoms with Gasteiger partial charge < -0.3 is 30.0 Å². The van der Waals surface area contributed by atoms with Gasteiger partial charge in [0.1, 0.15) is 17.0 Å². The number of amides is 1. The Kier molecular flexibility index (Phi) is 14.8. The van der Waals surface area contributed by atoms with Gasteiger partial charge in [0.15, 0.2) is 5.78 Å². The zero-order valence-electron chi connectivity index (χ0n) is 26.6. The maximum atomic E-state index is 13.7. The Labute approximate surface area is 256 Å². The predicted molar refractivity (Wildman–Crippen MR) is 167 cm³/mol. The number of esters is 1. The molecule has 1 amide bonds. The quantitative estimate of drug-likeness (QED) is 0.191. The molecule has 0 fully saturated rings. The molecule has 0 heterocycles. The SMILES string of the molecule is CC(C)(C)OC(=O)[C@@H](CC(=O)[C@H](Cc1ccccc1)NC(=O)CCOCCOCCN)Cc1ccc(OC(C)(C)C)cc1. The number of nitrogens with two attached hydrogens (primary N) is 1. The van der Waals surface area contributed by atoms with E-state index in [1.165, 1.54) is 0 Å². The molecule has 0 aliphatic heterocycles. The van der Waals surface area contributed by atoms with Crippen molar-refractivity contribution in [2.24, 2.45) is 11.7 Å². The number of Topliss-reactive ketones (excluding diaryl/α,β-unsaturated/α-hetero) is 1. The summed E-state index contributed by atoms with van der Waals surface area (Å²) < 4.78 is 22.4. The Bertz CT molecular complexity index is 1120. The molecular formula is C34H50N2O7. The van der Waals surface area contributed by atoms with Gasteiger partial charge in [-0.15, -0.1) is 0 Å². The van der Waals surface area contributed by atoms with Gasteiger partial charge in [-0.25, -0.2) is 0 Å². The van der Waals surface area contributed by atoms with Crippen LogP contribution in [0.4, 0.5) is 0 Å². The number of benzene rings is 2. The summed E-state index contributed by atoms with van der Waals surface area (Å²) in [5.74, 6) is -1.00. The average molecular weight is 599 g/mol. The topological polar surface area (TPSA) is 126 Å². The molecule has 238 valence electrons. The molecule has 0 saturated carbocycles. The molecule has 0 aliphatic rings. The van der Waals surface area contributed by atoms with Gasteiger partial charge in [0.05, 0.1) is 38.4 Å². The van der Waals surface area contributed by atoms with Crippen LogP contribution in [0.5, 0.6) is 5.75 Å². The number of carbonyl (C=O) groups is 3. The van der Waals surface area contributed by atoms with E-state index in [1.807, 2.05) is 75.4 Å².